The smallest absolute Gasteiger partial charge is 0.408 e. The van der Waals surface area contributed by atoms with E-state index in [4.69, 9.17) is 19.6 Å². The summed E-state index contributed by atoms with van der Waals surface area (Å²) < 4.78 is 15.9. The Morgan fingerprint density at radius 3 is 2.62 bits per heavy atom. The molecule has 1 unspecified atom stereocenters. The van der Waals surface area contributed by atoms with Gasteiger partial charge >= 0.3 is 17.7 Å². The maximum Gasteiger partial charge on any atom is 0.408 e. The van der Waals surface area contributed by atoms with Crippen molar-refractivity contribution in [2.75, 3.05) is 6.54 Å². The molecule has 3 N–H and O–H groups in total. The topological polar surface area (TPSA) is 121 Å². The molecular formula is C24H26N2O6. The molecule has 1 aromatic heterocycles. The molecular weight excluding hydrogens is 412 g/mol. The Balaban J connectivity index is 1.67. The Morgan fingerprint density at radius 2 is 1.88 bits per heavy atom. The molecule has 0 aliphatic carbocycles. The van der Waals surface area contributed by atoms with Crippen molar-refractivity contribution in [3.63, 3.8) is 0 Å². The van der Waals surface area contributed by atoms with E-state index in [1.807, 2.05) is 30.3 Å². The fourth-order valence-electron chi connectivity index (χ4n) is 3.20. The lowest BCUT2D eigenvalue weighted by Gasteiger charge is -2.17. The van der Waals surface area contributed by atoms with Gasteiger partial charge in [-0.3, -0.25) is 0 Å². The van der Waals surface area contributed by atoms with Gasteiger partial charge in [0.25, 0.3) is 0 Å². The van der Waals surface area contributed by atoms with E-state index < -0.39 is 23.7 Å². The standard InChI is InChI=1S/C24H26N2O6/c1-16-13-22(27)32-21-14-18(10-11-19(16)21)31-23(28)20(9-5-6-12-25)26-24(29)30-15-17-7-3-2-4-8-17/h2-4,7-8,10-11,13-14,20H,5-6,9,12,15,25H2,1H3,(H,26,29). The van der Waals surface area contributed by atoms with Gasteiger partial charge in [0.2, 0.25) is 0 Å². The summed E-state index contributed by atoms with van der Waals surface area (Å²) in [5, 5.41) is 3.31. The average Bonchev–Trinajstić information content (AvgIpc) is 2.77. The Labute approximate surface area is 185 Å². The highest BCUT2D eigenvalue weighted by atomic mass is 16.6. The van der Waals surface area contributed by atoms with E-state index in [1.165, 1.54) is 12.1 Å². The molecule has 0 aliphatic heterocycles. The Kier molecular flexibility index (Phi) is 7.99. The number of esters is 1. The highest BCUT2D eigenvalue weighted by Crippen LogP contribution is 2.22. The molecule has 0 bridgehead atoms. The first-order valence-electron chi connectivity index (χ1n) is 10.4. The van der Waals surface area contributed by atoms with Gasteiger partial charge in [-0.2, -0.15) is 0 Å². The van der Waals surface area contributed by atoms with Crippen LogP contribution in [0.2, 0.25) is 0 Å². The van der Waals surface area contributed by atoms with Crippen molar-refractivity contribution in [2.24, 2.45) is 5.73 Å². The quantitative estimate of drug-likeness (QED) is 0.227. The van der Waals surface area contributed by atoms with Crippen LogP contribution in [0.4, 0.5) is 4.79 Å². The predicted octanol–water partition coefficient (Wildman–Crippen LogP) is 3.43. The predicted molar refractivity (Wildman–Crippen MR) is 119 cm³/mol. The van der Waals surface area contributed by atoms with E-state index in [1.54, 1.807) is 19.1 Å². The van der Waals surface area contributed by atoms with Crippen LogP contribution < -0.4 is 21.4 Å². The molecule has 3 rings (SSSR count). The number of carbonyl (C=O) groups excluding carboxylic acids is 2. The van der Waals surface area contributed by atoms with E-state index in [-0.39, 0.29) is 12.4 Å². The average molecular weight is 438 g/mol. The van der Waals surface area contributed by atoms with Gasteiger partial charge in [-0.15, -0.1) is 0 Å². The third-order valence-electron chi connectivity index (χ3n) is 4.88. The van der Waals surface area contributed by atoms with Gasteiger partial charge < -0.3 is 24.9 Å². The molecule has 32 heavy (non-hydrogen) atoms. The first kappa shape index (κ1) is 23.0. The van der Waals surface area contributed by atoms with E-state index in [2.05, 4.69) is 5.32 Å². The minimum absolute atomic E-state index is 0.0836. The highest BCUT2D eigenvalue weighted by molar-refractivity contribution is 5.85. The molecule has 2 aromatic carbocycles. The van der Waals surface area contributed by atoms with Crippen molar-refractivity contribution >= 4 is 23.0 Å². The Bertz CT molecular complexity index is 1130. The van der Waals surface area contributed by atoms with Crippen LogP contribution >= 0.6 is 0 Å². The maximum absolute atomic E-state index is 12.8. The van der Waals surface area contributed by atoms with Crippen LogP contribution in [-0.4, -0.2) is 24.6 Å². The summed E-state index contributed by atoms with van der Waals surface area (Å²) in [5.41, 5.74) is 6.96. The number of nitrogens with one attached hydrogen (secondary N) is 1. The first-order valence-corrected chi connectivity index (χ1v) is 10.4. The van der Waals surface area contributed by atoms with Gasteiger partial charge in [0.15, 0.2) is 0 Å². The summed E-state index contributed by atoms with van der Waals surface area (Å²) >= 11 is 0. The normalized spacial score (nSPS) is 11.7. The number of ether oxygens (including phenoxy) is 2. The number of carbonyl (C=O) groups is 2. The third kappa shape index (κ3) is 6.42. The number of alkyl carbamates (subject to hydrolysis) is 1. The van der Waals surface area contributed by atoms with Crippen LogP contribution in [0.25, 0.3) is 11.0 Å². The summed E-state index contributed by atoms with van der Waals surface area (Å²) in [7, 11) is 0. The molecule has 168 valence electrons. The second-order valence-corrected chi connectivity index (χ2v) is 7.37. The lowest BCUT2D eigenvalue weighted by Crippen LogP contribution is -2.43. The molecule has 1 heterocycles. The highest BCUT2D eigenvalue weighted by Gasteiger charge is 2.23. The largest absolute Gasteiger partial charge is 0.445 e. The number of unbranched alkanes of at least 4 members (excludes halogenated alkanes) is 1. The van der Waals surface area contributed by atoms with Crippen molar-refractivity contribution in [3.05, 3.63) is 76.1 Å². The SMILES string of the molecule is Cc1cc(=O)oc2cc(OC(=O)C(CCCCN)NC(=O)OCc3ccccc3)ccc12. The minimum Gasteiger partial charge on any atom is -0.445 e. The summed E-state index contributed by atoms with van der Waals surface area (Å²) in [5.74, 6) is -0.437. The lowest BCUT2D eigenvalue weighted by atomic mass is 10.1. The molecule has 0 spiro atoms. The number of fused-ring (bicyclic) bond motifs is 1. The number of hydrogen-bond donors (Lipinski definition) is 2. The van der Waals surface area contributed by atoms with Crippen LogP contribution in [0.15, 0.2) is 63.8 Å². The van der Waals surface area contributed by atoms with Crippen molar-refractivity contribution < 1.29 is 23.5 Å². The zero-order chi connectivity index (χ0) is 22.9. The Morgan fingerprint density at radius 1 is 1.09 bits per heavy atom. The van der Waals surface area contributed by atoms with E-state index in [0.717, 1.165) is 16.5 Å². The first-order chi connectivity index (χ1) is 15.5. The maximum atomic E-state index is 12.8. The van der Waals surface area contributed by atoms with E-state index in [0.29, 0.717) is 31.4 Å². The van der Waals surface area contributed by atoms with E-state index >= 15 is 0 Å². The van der Waals surface area contributed by atoms with Crippen molar-refractivity contribution in [1.82, 2.24) is 5.32 Å². The molecule has 0 saturated heterocycles. The van der Waals surface area contributed by atoms with Crippen LogP contribution in [-0.2, 0) is 16.1 Å². The zero-order valence-electron chi connectivity index (χ0n) is 17.8. The lowest BCUT2D eigenvalue weighted by molar-refractivity contribution is -0.136. The summed E-state index contributed by atoms with van der Waals surface area (Å²) in [6, 6.07) is 14.5. The second-order valence-electron chi connectivity index (χ2n) is 7.37. The van der Waals surface area contributed by atoms with Crippen molar-refractivity contribution in [2.45, 2.75) is 38.8 Å². The zero-order valence-corrected chi connectivity index (χ0v) is 17.8. The summed E-state index contributed by atoms with van der Waals surface area (Å²) in [6.45, 7) is 2.35. The van der Waals surface area contributed by atoms with Crippen molar-refractivity contribution in [3.8, 4) is 5.75 Å². The van der Waals surface area contributed by atoms with Crippen LogP contribution in [0.5, 0.6) is 5.75 Å². The number of hydrogen-bond acceptors (Lipinski definition) is 7. The molecule has 3 aromatic rings. The van der Waals surface area contributed by atoms with Crippen LogP contribution in [0, 0.1) is 6.92 Å². The molecule has 0 aliphatic rings. The number of rotatable bonds is 9. The molecule has 0 radical (unpaired) electrons. The molecule has 8 nitrogen and oxygen atoms in total. The van der Waals surface area contributed by atoms with Gasteiger partial charge in [0.05, 0.1) is 0 Å². The second kappa shape index (κ2) is 11.1. The van der Waals surface area contributed by atoms with Crippen LogP contribution in [0.3, 0.4) is 0 Å². The summed E-state index contributed by atoms with van der Waals surface area (Å²) in [6.07, 6.45) is 0.952. The van der Waals surface area contributed by atoms with Gasteiger partial charge in [-0.05, 0) is 56.0 Å². The third-order valence-corrected chi connectivity index (χ3v) is 4.88. The van der Waals surface area contributed by atoms with Crippen molar-refractivity contribution in [1.29, 1.82) is 0 Å². The molecule has 0 fully saturated rings. The number of benzene rings is 2. The number of amides is 1. The van der Waals surface area contributed by atoms with Gasteiger partial charge in [-0.25, -0.2) is 14.4 Å². The monoisotopic (exact) mass is 438 g/mol. The minimum atomic E-state index is -0.912. The Hall–Kier alpha value is -3.65. The van der Waals surface area contributed by atoms with Gasteiger partial charge in [-0.1, -0.05) is 30.3 Å². The van der Waals surface area contributed by atoms with Gasteiger partial charge in [0.1, 0.15) is 24.0 Å². The molecule has 1 atom stereocenters. The van der Waals surface area contributed by atoms with E-state index in [9.17, 15) is 14.4 Å². The molecule has 8 heteroatoms. The molecule has 0 saturated carbocycles. The fourth-order valence-corrected chi connectivity index (χ4v) is 3.20. The van der Waals surface area contributed by atoms with Crippen LogP contribution in [0.1, 0.15) is 30.4 Å². The number of nitrogens with two attached hydrogens (primary N) is 1. The van der Waals surface area contributed by atoms with Gasteiger partial charge in [0, 0.05) is 17.5 Å². The summed E-state index contributed by atoms with van der Waals surface area (Å²) in [4.78, 5) is 36.7. The number of aryl methyl sites for hydroxylation is 1. The molecule has 1 amide bonds. The fraction of sp³-hybridized carbons (Fsp3) is 0.292.